The molecule has 0 radical (unpaired) electrons. The molecule has 1 aliphatic rings. The summed E-state index contributed by atoms with van der Waals surface area (Å²) in [5.74, 6) is -6.39. The number of carbonyl (C=O) groups excluding carboxylic acids is 2. The van der Waals surface area contributed by atoms with Crippen molar-refractivity contribution in [3.63, 3.8) is 0 Å². The van der Waals surface area contributed by atoms with Crippen LogP contribution in [0.2, 0.25) is 0 Å². The van der Waals surface area contributed by atoms with Crippen molar-refractivity contribution in [3.05, 3.63) is 59.8 Å². The summed E-state index contributed by atoms with van der Waals surface area (Å²) in [6.45, 7) is -1.85. The van der Waals surface area contributed by atoms with Crippen LogP contribution in [-0.4, -0.2) is 51.5 Å². The minimum Gasteiger partial charge on any atom is -0.366 e. The topological polar surface area (TPSA) is 87.2 Å². The van der Waals surface area contributed by atoms with Crippen LogP contribution < -0.4 is 5.73 Å². The van der Waals surface area contributed by atoms with Gasteiger partial charge in [0, 0.05) is 17.1 Å². The molecule has 4 rings (SSSR count). The standard InChI is InChI=1S/C21H17F5N4O3/c22-20(23)8-9-30(12-20,33-19(32)21(24,25)26)11-13-4-6-15(7-5-13)29-10-14-2-1-3-16(18(27)31)17(14)28-29/h1-7,10H,8-9,11-12H2,(H-,27,31)/p+1. The number of hydroxylamine groups is 3. The normalized spacial score (nSPS) is 20.2. The highest BCUT2D eigenvalue weighted by Gasteiger charge is 2.56. The number of halogens is 5. The monoisotopic (exact) mass is 469 g/mol. The number of nitrogens with zero attached hydrogens (tertiary/aromatic N) is 3. The molecule has 0 saturated carbocycles. The van der Waals surface area contributed by atoms with E-state index in [1.54, 1.807) is 36.5 Å². The fourth-order valence-corrected chi connectivity index (χ4v) is 3.88. The molecule has 0 spiro atoms. The summed E-state index contributed by atoms with van der Waals surface area (Å²) in [6, 6.07) is 11.2. The van der Waals surface area contributed by atoms with Crippen molar-refractivity contribution in [1.82, 2.24) is 9.78 Å². The van der Waals surface area contributed by atoms with E-state index >= 15 is 0 Å². The third-order valence-corrected chi connectivity index (χ3v) is 5.39. The molecule has 1 atom stereocenters. The Labute approximate surface area is 183 Å². The molecule has 1 unspecified atom stereocenters. The summed E-state index contributed by atoms with van der Waals surface area (Å²) in [7, 11) is 0. The molecule has 2 aromatic carbocycles. The second-order valence-corrected chi connectivity index (χ2v) is 7.93. The predicted octanol–water partition coefficient (Wildman–Crippen LogP) is 3.50. The number of alkyl halides is 5. The summed E-state index contributed by atoms with van der Waals surface area (Å²) in [6.07, 6.45) is -4.33. The van der Waals surface area contributed by atoms with Crippen molar-refractivity contribution >= 4 is 22.8 Å². The molecule has 1 amide bonds. The quantitative estimate of drug-likeness (QED) is 0.458. The Kier molecular flexibility index (Phi) is 5.35. The number of rotatable bonds is 5. The average Bonchev–Trinajstić information content (AvgIpc) is 3.28. The lowest BCUT2D eigenvalue weighted by molar-refractivity contribution is -1.09. The zero-order valence-corrected chi connectivity index (χ0v) is 17.0. The van der Waals surface area contributed by atoms with Crippen molar-refractivity contribution < 1.29 is 41.0 Å². The molecule has 2 heterocycles. The van der Waals surface area contributed by atoms with E-state index < -0.39 is 48.1 Å². The fourth-order valence-electron chi connectivity index (χ4n) is 3.88. The number of hydrogen-bond acceptors (Lipinski definition) is 4. The number of primary amides is 1. The van der Waals surface area contributed by atoms with Crippen LogP contribution in [0.3, 0.4) is 0 Å². The van der Waals surface area contributed by atoms with E-state index in [-0.39, 0.29) is 12.1 Å². The minimum atomic E-state index is -5.29. The van der Waals surface area contributed by atoms with Crippen molar-refractivity contribution in [2.75, 3.05) is 13.1 Å². The number of benzene rings is 2. The molecule has 0 bridgehead atoms. The second-order valence-electron chi connectivity index (χ2n) is 7.93. The van der Waals surface area contributed by atoms with E-state index in [1.165, 1.54) is 16.8 Å². The predicted molar refractivity (Wildman–Crippen MR) is 105 cm³/mol. The SMILES string of the molecule is NC(=O)c1cccc2cn(-c3ccc(C[N+]4(OC(=O)C(F)(F)F)CCC(F)(F)C4)cc3)nc12. The number of fused-ring (bicyclic) bond motifs is 1. The van der Waals surface area contributed by atoms with Crippen LogP contribution in [0.15, 0.2) is 48.7 Å². The van der Waals surface area contributed by atoms with Gasteiger partial charge in [0.05, 0.1) is 17.7 Å². The van der Waals surface area contributed by atoms with Gasteiger partial charge in [-0.1, -0.05) is 24.3 Å². The van der Waals surface area contributed by atoms with Gasteiger partial charge in [0.25, 0.3) is 5.91 Å². The van der Waals surface area contributed by atoms with Gasteiger partial charge < -0.3 is 5.73 Å². The summed E-state index contributed by atoms with van der Waals surface area (Å²) in [5.41, 5.74) is 6.96. The van der Waals surface area contributed by atoms with Crippen LogP contribution in [-0.2, 0) is 16.2 Å². The van der Waals surface area contributed by atoms with Crippen molar-refractivity contribution in [3.8, 4) is 5.69 Å². The third kappa shape index (κ3) is 4.65. The zero-order valence-electron chi connectivity index (χ0n) is 17.0. The smallest absolute Gasteiger partial charge is 0.366 e. The van der Waals surface area contributed by atoms with E-state index in [4.69, 9.17) is 5.73 Å². The maximum absolute atomic E-state index is 13.8. The molecule has 1 saturated heterocycles. The lowest BCUT2D eigenvalue weighted by Gasteiger charge is -2.30. The second kappa shape index (κ2) is 7.80. The molecular weight excluding hydrogens is 451 g/mol. The van der Waals surface area contributed by atoms with Crippen molar-refractivity contribution in [1.29, 1.82) is 0 Å². The minimum absolute atomic E-state index is 0.246. The lowest BCUT2D eigenvalue weighted by atomic mass is 10.1. The van der Waals surface area contributed by atoms with Gasteiger partial charge in [-0.2, -0.15) is 27.1 Å². The number of likely N-dealkylation sites (tertiary alicyclic amines) is 1. The van der Waals surface area contributed by atoms with E-state index in [2.05, 4.69) is 9.94 Å². The molecule has 12 heteroatoms. The number of hydrogen-bond donors (Lipinski definition) is 1. The third-order valence-electron chi connectivity index (χ3n) is 5.39. The highest BCUT2D eigenvalue weighted by atomic mass is 19.4. The van der Waals surface area contributed by atoms with Gasteiger partial charge >= 0.3 is 18.1 Å². The maximum Gasteiger partial charge on any atom is 0.497 e. The Morgan fingerprint density at radius 1 is 1.15 bits per heavy atom. The largest absolute Gasteiger partial charge is 0.497 e. The van der Waals surface area contributed by atoms with Gasteiger partial charge in [-0.05, 0) is 18.2 Å². The summed E-state index contributed by atoms with van der Waals surface area (Å²) < 4.78 is 66.1. The Bertz CT molecular complexity index is 1220. The summed E-state index contributed by atoms with van der Waals surface area (Å²) in [5, 5.41) is 5.02. The zero-order chi connectivity index (χ0) is 24.0. The van der Waals surface area contributed by atoms with Crippen LogP contribution in [0.25, 0.3) is 16.6 Å². The van der Waals surface area contributed by atoms with Gasteiger partial charge in [0.15, 0.2) is 6.54 Å². The van der Waals surface area contributed by atoms with Crippen molar-refractivity contribution in [2.24, 2.45) is 5.73 Å². The summed E-state index contributed by atoms with van der Waals surface area (Å²) >= 11 is 0. The first-order valence-electron chi connectivity index (χ1n) is 9.80. The van der Waals surface area contributed by atoms with Crippen LogP contribution in [0.5, 0.6) is 0 Å². The molecule has 1 fully saturated rings. The molecule has 3 aromatic rings. The first-order chi connectivity index (χ1) is 15.4. The molecular formula is C21H18F5N4O3+. The van der Waals surface area contributed by atoms with E-state index in [1.807, 2.05) is 0 Å². The number of aromatic nitrogens is 2. The fraction of sp³-hybridized carbons (Fsp3) is 0.286. The van der Waals surface area contributed by atoms with Gasteiger partial charge in [-0.15, -0.1) is 4.65 Å². The molecule has 1 aromatic heterocycles. The Balaban J connectivity index is 1.59. The average molecular weight is 469 g/mol. The van der Waals surface area contributed by atoms with Crippen molar-refractivity contribution in [2.45, 2.75) is 25.1 Å². The molecule has 1 aliphatic heterocycles. The molecule has 174 valence electrons. The van der Waals surface area contributed by atoms with Crippen LogP contribution in [0.4, 0.5) is 22.0 Å². The van der Waals surface area contributed by atoms with Crippen LogP contribution in [0, 0.1) is 0 Å². The first kappa shape index (κ1) is 22.6. The van der Waals surface area contributed by atoms with E-state index in [0.29, 0.717) is 22.2 Å². The molecule has 7 nitrogen and oxygen atoms in total. The highest BCUT2D eigenvalue weighted by Crippen LogP contribution is 2.36. The van der Waals surface area contributed by atoms with Crippen LogP contribution in [0.1, 0.15) is 22.3 Å². The highest BCUT2D eigenvalue weighted by molar-refractivity contribution is 6.04. The molecule has 2 N–H and O–H groups in total. The van der Waals surface area contributed by atoms with Gasteiger partial charge in [0.1, 0.15) is 18.6 Å². The molecule has 33 heavy (non-hydrogen) atoms. The Hall–Kier alpha value is -3.54. The Morgan fingerprint density at radius 3 is 2.42 bits per heavy atom. The number of carbonyl (C=O) groups is 2. The van der Waals surface area contributed by atoms with Crippen LogP contribution >= 0.6 is 0 Å². The first-order valence-corrected chi connectivity index (χ1v) is 9.80. The lowest BCUT2D eigenvalue weighted by Crippen LogP contribution is -2.50. The number of quaternary nitrogens is 1. The van der Waals surface area contributed by atoms with Gasteiger partial charge in [-0.3, -0.25) is 9.63 Å². The number of amides is 1. The Morgan fingerprint density at radius 2 is 1.85 bits per heavy atom. The maximum atomic E-state index is 13.8. The number of nitrogens with two attached hydrogens (primary N) is 1. The van der Waals surface area contributed by atoms with E-state index in [9.17, 15) is 31.5 Å². The van der Waals surface area contributed by atoms with Gasteiger partial charge in [-0.25, -0.2) is 9.48 Å². The summed E-state index contributed by atoms with van der Waals surface area (Å²) in [4.78, 5) is 27.5. The van der Waals surface area contributed by atoms with E-state index in [0.717, 1.165) is 0 Å². The molecule has 0 aliphatic carbocycles. The van der Waals surface area contributed by atoms with Gasteiger partial charge in [0.2, 0.25) is 0 Å².